The molecule has 1 spiro atoms. The molecular formula is C20H21NO3. The number of ether oxygens (including phenoxy) is 1. The Kier molecular flexibility index (Phi) is 4.76. The minimum Gasteiger partial charge on any atom is -0.347 e. The number of allylic oxidation sites excluding steroid dienone is 3. The first-order chi connectivity index (χ1) is 11.7. The summed E-state index contributed by atoms with van der Waals surface area (Å²) in [5.74, 6) is -0.256. The predicted octanol–water partition coefficient (Wildman–Crippen LogP) is 3.41. The molecule has 0 bridgehead atoms. The van der Waals surface area contributed by atoms with Crippen molar-refractivity contribution >= 4 is 17.4 Å². The second kappa shape index (κ2) is 6.97. The molecule has 0 saturated carbocycles. The van der Waals surface area contributed by atoms with Crippen LogP contribution < -0.4 is 4.90 Å². The standard InChI is InChI=1S/C20H21NO3/c1-2-3-5-8-16-15-24-20(13-11-18(22)12-14-20)21(19(16)23)17-9-6-4-7-10-17/h2,4,6-7,9-14,16H,1,3,5,8,15H2. The first kappa shape index (κ1) is 16.4. The highest BCUT2D eigenvalue weighted by atomic mass is 16.5. The van der Waals surface area contributed by atoms with Crippen molar-refractivity contribution in [2.24, 2.45) is 5.92 Å². The van der Waals surface area contributed by atoms with Crippen LogP contribution in [0.2, 0.25) is 0 Å². The lowest BCUT2D eigenvalue weighted by Crippen LogP contribution is -2.59. The molecule has 4 heteroatoms. The van der Waals surface area contributed by atoms with Gasteiger partial charge in [0.2, 0.25) is 5.91 Å². The van der Waals surface area contributed by atoms with Crippen LogP contribution in [0.1, 0.15) is 19.3 Å². The summed E-state index contributed by atoms with van der Waals surface area (Å²) in [6.07, 6.45) is 10.7. The van der Waals surface area contributed by atoms with E-state index >= 15 is 0 Å². The van der Waals surface area contributed by atoms with Gasteiger partial charge in [0, 0.05) is 5.69 Å². The molecule has 1 atom stereocenters. The van der Waals surface area contributed by atoms with Gasteiger partial charge in [0.15, 0.2) is 11.5 Å². The number of carbonyl (C=O) groups is 2. The monoisotopic (exact) mass is 323 g/mol. The van der Waals surface area contributed by atoms with Crippen LogP contribution in [-0.2, 0) is 14.3 Å². The van der Waals surface area contributed by atoms with Crippen molar-refractivity contribution in [1.82, 2.24) is 0 Å². The van der Waals surface area contributed by atoms with Gasteiger partial charge in [-0.3, -0.25) is 14.5 Å². The van der Waals surface area contributed by atoms with Crippen LogP contribution in [0.3, 0.4) is 0 Å². The Morgan fingerprint density at radius 3 is 2.58 bits per heavy atom. The summed E-state index contributed by atoms with van der Waals surface area (Å²) in [5, 5.41) is 0. The van der Waals surface area contributed by atoms with Crippen molar-refractivity contribution in [3.8, 4) is 0 Å². The summed E-state index contributed by atoms with van der Waals surface area (Å²) in [6, 6.07) is 9.45. The van der Waals surface area contributed by atoms with Gasteiger partial charge >= 0.3 is 0 Å². The van der Waals surface area contributed by atoms with Gasteiger partial charge in [0.25, 0.3) is 0 Å². The zero-order valence-electron chi connectivity index (χ0n) is 13.6. The minimum atomic E-state index is -1.01. The molecule has 0 radical (unpaired) electrons. The Labute approximate surface area is 142 Å². The first-order valence-corrected chi connectivity index (χ1v) is 8.23. The Hall–Kier alpha value is -2.46. The summed E-state index contributed by atoms with van der Waals surface area (Å²) in [6.45, 7) is 4.07. The highest BCUT2D eigenvalue weighted by Gasteiger charge is 2.46. The fourth-order valence-electron chi connectivity index (χ4n) is 3.11. The summed E-state index contributed by atoms with van der Waals surface area (Å²) in [7, 11) is 0. The normalized spacial score (nSPS) is 22.2. The number of amides is 1. The van der Waals surface area contributed by atoms with Crippen molar-refractivity contribution in [3.05, 3.63) is 67.3 Å². The Morgan fingerprint density at radius 2 is 1.92 bits per heavy atom. The van der Waals surface area contributed by atoms with E-state index < -0.39 is 5.72 Å². The number of carbonyl (C=O) groups excluding carboxylic acids is 2. The molecule has 1 heterocycles. The second-order valence-corrected chi connectivity index (χ2v) is 6.06. The average molecular weight is 323 g/mol. The number of para-hydroxylation sites is 1. The molecular weight excluding hydrogens is 302 g/mol. The molecule has 1 amide bonds. The molecule has 2 aliphatic rings. The van der Waals surface area contributed by atoms with Crippen molar-refractivity contribution in [3.63, 3.8) is 0 Å². The third kappa shape index (κ3) is 3.10. The highest BCUT2D eigenvalue weighted by Crippen LogP contribution is 2.36. The summed E-state index contributed by atoms with van der Waals surface area (Å²) >= 11 is 0. The number of nitrogens with zero attached hydrogens (tertiary/aromatic N) is 1. The maximum atomic E-state index is 13.1. The van der Waals surface area contributed by atoms with Gasteiger partial charge < -0.3 is 4.74 Å². The summed E-state index contributed by atoms with van der Waals surface area (Å²) < 4.78 is 6.09. The highest BCUT2D eigenvalue weighted by molar-refractivity contribution is 6.03. The quantitative estimate of drug-likeness (QED) is 0.616. The van der Waals surface area contributed by atoms with Crippen LogP contribution in [0, 0.1) is 5.92 Å². The molecule has 0 aromatic heterocycles. The predicted molar refractivity (Wildman–Crippen MR) is 93.4 cm³/mol. The van der Waals surface area contributed by atoms with Crippen LogP contribution in [0.25, 0.3) is 0 Å². The van der Waals surface area contributed by atoms with Gasteiger partial charge in [0.1, 0.15) is 0 Å². The lowest BCUT2D eigenvalue weighted by Gasteiger charge is -2.46. The zero-order chi connectivity index (χ0) is 17.0. The van der Waals surface area contributed by atoms with E-state index in [-0.39, 0.29) is 17.6 Å². The van der Waals surface area contributed by atoms with Gasteiger partial charge in [-0.1, -0.05) is 24.3 Å². The summed E-state index contributed by atoms with van der Waals surface area (Å²) in [5.41, 5.74) is -0.249. The number of rotatable bonds is 5. The maximum absolute atomic E-state index is 13.1. The zero-order valence-corrected chi connectivity index (χ0v) is 13.6. The van der Waals surface area contributed by atoms with Crippen LogP contribution in [0.15, 0.2) is 67.3 Å². The number of anilines is 1. The molecule has 1 aliphatic heterocycles. The van der Waals surface area contributed by atoms with Gasteiger partial charge in [-0.15, -0.1) is 6.58 Å². The molecule has 1 saturated heterocycles. The van der Waals surface area contributed by atoms with Gasteiger partial charge in [-0.05, 0) is 55.7 Å². The second-order valence-electron chi connectivity index (χ2n) is 6.06. The molecule has 1 fully saturated rings. The number of benzene rings is 1. The lowest BCUT2D eigenvalue weighted by molar-refractivity contribution is -0.138. The Balaban J connectivity index is 1.93. The molecule has 0 N–H and O–H groups in total. The minimum absolute atomic E-state index is 0.0279. The molecule has 1 unspecified atom stereocenters. The summed E-state index contributed by atoms with van der Waals surface area (Å²) in [4.78, 5) is 26.3. The number of ketones is 1. The Bertz CT molecular complexity index is 674. The molecule has 1 aliphatic carbocycles. The third-order valence-corrected chi connectivity index (χ3v) is 4.38. The van der Waals surface area contributed by atoms with Gasteiger partial charge in [-0.25, -0.2) is 0 Å². The molecule has 1 aromatic carbocycles. The van der Waals surface area contributed by atoms with Crippen LogP contribution in [-0.4, -0.2) is 24.0 Å². The molecule has 3 rings (SSSR count). The first-order valence-electron chi connectivity index (χ1n) is 8.23. The lowest BCUT2D eigenvalue weighted by atomic mass is 9.93. The van der Waals surface area contributed by atoms with Crippen LogP contribution >= 0.6 is 0 Å². The fraction of sp³-hybridized carbons (Fsp3) is 0.300. The van der Waals surface area contributed by atoms with E-state index in [4.69, 9.17) is 4.74 Å². The van der Waals surface area contributed by atoms with Gasteiger partial charge in [-0.2, -0.15) is 0 Å². The SMILES string of the molecule is C=CCCCC1COC2(C=CC(=O)C=C2)N(c2ccccc2)C1=O. The van der Waals surface area contributed by atoms with E-state index in [1.54, 1.807) is 17.1 Å². The van der Waals surface area contributed by atoms with Gasteiger partial charge in [0.05, 0.1) is 12.5 Å². The molecule has 124 valence electrons. The molecule has 4 nitrogen and oxygen atoms in total. The van der Waals surface area contributed by atoms with Crippen molar-refractivity contribution in [2.45, 2.75) is 25.0 Å². The van der Waals surface area contributed by atoms with Crippen molar-refractivity contribution in [1.29, 1.82) is 0 Å². The smallest absolute Gasteiger partial charge is 0.235 e. The van der Waals surface area contributed by atoms with Crippen molar-refractivity contribution < 1.29 is 14.3 Å². The largest absolute Gasteiger partial charge is 0.347 e. The third-order valence-electron chi connectivity index (χ3n) is 4.38. The van der Waals surface area contributed by atoms with E-state index in [0.717, 1.165) is 24.9 Å². The molecule has 24 heavy (non-hydrogen) atoms. The fourth-order valence-corrected chi connectivity index (χ4v) is 3.11. The van der Waals surface area contributed by atoms with E-state index in [1.165, 1.54) is 12.2 Å². The number of hydrogen-bond acceptors (Lipinski definition) is 3. The van der Waals surface area contributed by atoms with E-state index in [1.807, 2.05) is 36.4 Å². The maximum Gasteiger partial charge on any atom is 0.235 e. The number of unbranched alkanes of at least 4 members (excludes halogenated alkanes) is 1. The van der Waals surface area contributed by atoms with Crippen molar-refractivity contribution in [2.75, 3.05) is 11.5 Å². The van der Waals surface area contributed by atoms with E-state index in [0.29, 0.717) is 6.61 Å². The topological polar surface area (TPSA) is 46.6 Å². The van der Waals surface area contributed by atoms with Crippen LogP contribution in [0.5, 0.6) is 0 Å². The Morgan fingerprint density at radius 1 is 1.21 bits per heavy atom. The van der Waals surface area contributed by atoms with E-state index in [2.05, 4.69) is 6.58 Å². The van der Waals surface area contributed by atoms with Crippen LogP contribution in [0.4, 0.5) is 5.69 Å². The average Bonchev–Trinajstić information content (AvgIpc) is 2.61. The number of hydrogen-bond donors (Lipinski definition) is 0. The molecule has 1 aromatic rings. The van der Waals surface area contributed by atoms with E-state index in [9.17, 15) is 9.59 Å².